The Labute approximate surface area is 111 Å². The quantitative estimate of drug-likeness (QED) is 0.874. The maximum Gasteiger partial charge on any atom is 0.236 e. The lowest BCUT2D eigenvalue weighted by molar-refractivity contribution is -0.120. The Balaban J connectivity index is 2.06. The number of hydrogen-bond acceptors (Lipinski definition) is 4. The summed E-state index contributed by atoms with van der Waals surface area (Å²) in [5.74, 6) is 0.127. The van der Waals surface area contributed by atoms with Crippen molar-refractivity contribution >= 4 is 28.4 Å². The Morgan fingerprint density at radius 1 is 1.50 bits per heavy atom. The van der Waals surface area contributed by atoms with Gasteiger partial charge in [0.25, 0.3) is 0 Å². The first-order valence-electron chi connectivity index (χ1n) is 5.93. The summed E-state index contributed by atoms with van der Waals surface area (Å²) in [4.78, 5) is 16.4. The highest BCUT2D eigenvalue weighted by Crippen LogP contribution is 2.24. The Bertz CT molecular complexity index is 448. The van der Waals surface area contributed by atoms with Gasteiger partial charge in [-0.25, -0.2) is 0 Å². The Hall–Kier alpha value is -1.33. The number of aliphatic hydroxyl groups excluding tert-OH is 1. The molecule has 0 bridgehead atoms. The van der Waals surface area contributed by atoms with Gasteiger partial charge >= 0.3 is 0 Å². The largest absolute Gasteiger partial charge is 0.390 e. The summed E-state index contributed by atoms with van der Waals surface area (Å²) in [5, 5.41) is 13.4. The van der Waals surface area contributed by atoms with E-state index in [1.807, 2.05) is 37.3 Å². The number of carbonyl (C=O) groups excluding carboxylic acids is 1. The van der Waals surface area contributed by atoms with E-state index in [-0.39, 0.29) is 5.91 Å². The summed E-state index contributed by atoms with van der Waals surface area (Å²) in [6, 6.07) is 9.25. The summed E-state index contributed by atoms with van der Waals surface area (Å²) in [7, 11) is 0. The number of amides is 1. The van der Waals surface area contributed by atoms with Gasteiger partial charge in [0.05, 0.1) is 17.7 Å². The monoisotopic (exact) mass is 264 g/mol. The average molecular weight is 264 g/mol. The van der Waals surface area contributed by atoms with Crippen LogP contribution in [0.1, 0.15) is 6.92 Å². The molecule has 2 unspecified atom stereocenters. The number of benzene rings is 1. The van der Waals surface area contributed by atoms with Crippen LogP contribution in [-0.4, -0.2) is 34.5 Å². The molecule has 1 amide bonds. The Kier molecular flexibility index (Phi) is 4.38. The molecular formula is C13H16N2O2S. The first-order valence-corrected chi connectivity index (χ1v) is 6.92. The summed E-state index contributed by atoms with van der Waals surface area (Å²) in [6.07, 6.45) is -0.706. The van der Waals surface area contributed by atoms with Crippen LogP contribution in [0.15, 0.2) is 35.3 Å². The fourth-order valence-electron chi connectivity index (χ4n) is 1.86. The molecule has 2 atom stereocenters. The van der Waals surface area contributed by atoms with Gasteiger partial charge in [-0.1, -0.05) is 25.1 Å². The minimum Gasteiger partial charge on any atom is -0.390 e. The van der Waals surface area contributed by atoms with Crippen LogP contribution >= 0.6 is 11.8 Å². The molecule has 1 aromatic carbocycles. The van der Waals surface area contributed by atoms with Crippen LogP contribution in [0.4, 0.5) is 5.69 Å². The molecule has 0 aliphatic carbocycles. The van der Waals surface area contributed by atoms with Gasteiger partial charge in [-0.05, 0) is 17.9 Å². The zero-order valence-corrected chi connectivity index (χ0v) is 11.0. The molecule has 0 fully saturated rings. The van der Waals surface area contributed by atoms with E-state index in [1.165, 1.54) is 11.8 Å². The van der Waals surface area contributed by atoms with Crippen LogP contribution in [0.5, 0.6) is 0 Å². The van der Waals surface area contributed by atoms with Crippen molar-refractivity contribution in [3.8, 4) is 0 Å². The minimum atomic E-state index is -0.706. The van der Waals surface area contributed by atoms with Gasteiger partial charge in [0.2, 0.25) is 5.91 Å². The lowest BCUT2D eigenvalue weighted by Gasteiger charge is -2.16. The van der Waals surface area contributed by atoms with Crippen molar-refractivity contribution in [2.75, 3.05) is 17.6 Å². The van der Waals surface area contributed by atoms with Gasteiger partial charge in [0.15, 0.2) is 0 Å². The number of carbonyl (C=O) groups is 1. The number of rotatable bonds is 3. The molecule has 0 aromatic heterocycles. The number of nitrogens with one attached hydrogen (secondary N) is 1. The fourth-order valence-corrected chi connectivity index (χ4v) is 2.77. The molecule has 18 heavy (non-hydrogen) atoms. The van der Waals surface area contributed by atoms with Crippen LogP contribution in [0.3, 0.4) is 0 Å². The van der Waals surface area contributed by atoms with E-state index in [1.54, 1.807) is 0 Å². The molecule has 0 radical (unpaired) electrons. The first-order chi connectivity index (χ1) is 8.72. The minimum absolute atomic E-state index is 0.189. The summed E-state index contributed by atoms with van der Waals surface area (Å²) >= 11 is 1.52. The fraction of sp³-hybridized carbons (Fsp3) is 0.385. The zero-order valence-electron chi connectivity index (χ0n) is 10.2. The predicted octanol–water partition coefficient (Wildman–Crippen LogP) is 1.77. The average Bonchev–Trinajstić information content (AvgIpc) is 2.72. The third kappa shape index (κ3) is 2.91. The lowest BCUT2D eigenvalue weighted by atomic mass is 10.1. The molecule has 96 valence electrons. The van der Waals surface area contributed by atoms with E-state index >= 15 is 0 Å². The molecule has 0 saturated carbocycles. The van der Waals surface area contributed by atoms with Crippen LogP contribution in [0.25, 0.3) is 0 Å². The number of para-hydroxylation sites is 1. The standard InChI is InChI=1S/C13H16N2O2S/c1-2-18-13-11(10(16)8-14-13)12(17)15-9-6-4-3-5-7-9/h3-7,10-11,16H,2,8H2,1H3,(H,15,17). The predicted molar refractivity (Wildman–Crippen MR) is 75.0 cm³/mol. The maximum absolute atomic E-state index is 12.1. The molecule has 4 nitrogen and oxygen atoms in total. The highest BCUT2D eigenvalue weighted by molar-refractivity contribution is 8.14. The van der Waals surface area contributed by atoms with Crippen molar-refractivity contribution in [2.45, 2.75) is 13.0 Å². The van der Waals surface area contributed by atoms with Crippen molar-refractivity contribution in [1.82, 2.24) is 0 Å². The molecule has 1 aliphatic heterocycles. The second-order valence-corrected chi connectivity index (χ2v) is 5.30. The van der Waals surface area contributed by atoms with Crippen LogP contribution < -0.4 is 5.32 Å². The molecule has 1 heterocycles. The summed E-state index contributed by atoms with van der Waals surface area (Å²) in [5.41, 5.74) is 0.738. The second kappa shape index (κ2) is 6.02. The molecule has 2 rings (SSSR count). The molecule has 0 saturated heterocycles. The molecule has 1 aliphatic rings. The van der Waals surface area contributed by atoms with Gasteiger partial charge in [-0.3, -0.25) is 9.79 Å². The Morgan fingerprint density at radius 2 is 2.22 bits per heavy atom. The van der Waals surface area contributed by atoms with Crippen molar-refractivity contribution in [3.05, 3.63) is 30.3 Å². The smallest absolute Gasteiger partial charge is 0.236 e. The number of anilines is 1. The Morgan fingerprint density at radius 3 is 2.89 bits per heavy atom. The van der Waals surface area contributed by atoms with E-state index in [9.17, 15) is 9.90 Å². The van der Waals surface area contributed by atoms with Crippen LogP contribution in [-0.2, 0) is 4.79 Å². The second-order valence-electron chi connectivity index (χ2n) is 4.01. The van der Waals surface area contributed by atoms with E-state index in [0.717, 1.165) is 16.5 Å². The zero-order chi connectivity index (χ0) is 13.0. The molecule has 0 spiro atoms. The number of hydrogen-bond donors (Lipinski definition) is 2. The third-order valence-electron chi connectivity index (χ3n) is 2.70. The van der Waals surface area contributed by atoms with Gasteiger partial charge in [0, 0.05) is 5.69 Å². The van der Waals surface area contributed by atoms with Crippen molar-refractivity contribution in [3.63, 3.8) is 0 Å². The number of aliphatic imine (C=N–C) groups is 1. The highest BCUT2D eigenvalue weighted by atomic mass is 32.2. The number of thioether (sulfide) groups is 1. The molecule has 5 heteroatoms. The summed E-state index contributed by atoms with van der Waals surface area (Å²) < 4.78 is 0. The third-order valence-corrected chi connectivity index (χ3v) is 3.67. The van der Waals surface area contributed by atoms with E-state index in [0.29, 0.717) is 6.54 Å². The molecule has 1 aromatic rings. The van der Waals surface area contributed by atoms with Crippen LogP contribution in [0.2, 0.25) is 0 Å². The van der Waals surface area contributed by atoms with Gasteiger partial charge in [-0.2, -0.15) is 0 Å². The van der Waals surface area contributed by atoms with Gasteiger partial charge in [-0.15, -0.1) is 11.8 Å². The topological polar surface area (TPSA) is 61.7 Å². The molecular weight excluding hydrogens is 248 g/mol. The first kappa shape index (κ1) is 13.1. The summed E-state index contributed by atoms with van der Waals surface area (Å²) in [6.45, 7) is 2.32. The lowest BCUT2D eigenvalue weighted by Crippen LogP contribution is -2.35. The van der Waals surface area contributed by atoms with E-state index in [2.05, 4.69) is 10.3 Å². The number of aliphatic hydroxyl groups is 1. The maximum atomic E-state index is 12.1. The normalized spacial score (nSPS) is 22.7. The van der Waals surface area contributed by atoms with Crippen molar-refractivity contribution in [1.29, 1.82) is 0 Å². The van der Waals surface area contributed by atoms with Gasteiger partial charge < -0.3 is 10.4 Å². The van der Waals surface area contributed by atoms with Crippen molar-refractivity contribution < 1.29 is 9.90 Å². The van der Waals surface area contributed by atoms with Crippen molar-refractivity contribution in [2.24, 2.45) is 10.9 Å². The number of nitrogens with zero attached hydrogens (tertiary/aromatic N) is 1. The highest BCUT2D eigenvalue weighted by Gasteiger charge is 2.36. The SMILES string of the molecule is CCSC1=NCC(O)C1C(=O)Nc1ccccc1. The van der Waals surface area contributed by atoms with E-state index < -0.39 is 12.0 Å². The molecule has 2 N–H and O–H groups in total. The van der Waals surface area contributed by atoms with Crippen LogP contribution in [0, 0.1) is 5.92 Å². The van der Waals surface area contributed by atoms with E-state index in [4.69, 9.17) is 0 Å². The van der Waals surface area contributed by atoms with Gasteiger partial charge in [0.1, 0.15) is 5.92 Å².